The first-order valence-corrected chi connectivity index (χ1v) is 5.62. The summed E-state index contributed by atoms with van der Waals surface area (Å²) in [5.74, 6) is -0.334. The van der Waals surface area contributed by atoms with Crippen LogP contribution in [0.25, 0.3) is 0 Å². The summed E-state index contributed by atoms with van der Waals surface area (Å²) in [6, 6.07) is 4.40. The van der Waals surface area contributed by atoms with Gasteiger partial charge in [-0.25, -0.2) is 4.39 Å². The second-order valence-corrected chi connectivity index (χ2v) is 4.18. The Balaban J connectivity index is 1.91. The van der Waals surface area contributed by atoms with Gasteiger partial charge in [0.2, 0.25) is 0 Å². The van der Waals surface area contributed by atoms with Crippen molar-refractivity contribution >= 4 is 17.3 Å². The zero-order chi connectivity index (χ0) is 11.4. The zero-order valence-electron chi connectivity index (χ0n) is 8.75. The first-order valence-electron chi connectivity index (χ1n) is 5.24. The van der Waals surface area contributed by atoms with Crippen LogP contribution in [0.4, 0.5) is 10.1 Å². The van der Waals surface area contributed by atoms with Crippen molar-refractivity contribution in [3.63, 3.8) is 0 Å². The van der Waals surface area contributed by atoms with Gasteiger partial charge in [0.1, 0.15) is 11.9 Å². The lowest BCUT2D eigenvalue weighted by Gasteiger charge is -2.20. The van der Waals surface area contributed by atoms with Crippen molar-refractivity contribution in [2.24, 2.45) is 0 Å². The Morgan fingerprint density at radius 1 is 1.44 bits per heavy atom. The van der Waals surface area contributed by atoms with Crippen LogP contribution < -0.4 is 5.32 Å². The number of halogens is 2. The number of hydrogen-bond acceptors (Lipinski definition) is 2. The topological polar surface area (TPSA) is 21.3 Å². The number of allylic oxidation sites excluding steroid dienone is 1. The Bertz CT molecular complexity index is 374. The lowest BCUT2D eigenvalue weighted by atomic mass is 10.1. The highest BCUT2D eigenvalue weighted by Crippen LogP contribution is 2.19. The van der Waals surface area contributed by atoms with E-state index in [2.05, 4.69) is 5.32 Å². The second-order valence-electron chi connectivity index (χ2n) is 3.75. The number of nitrogens with one attached hydrogen (secondary N) is 1. The number of benzene rings is 1. The van der Waals surface area contributed by atoms with Gasteiger partial charge in [0.25, 0.3) is 0 Å². The first kappa shape index (κ1) is 11.3. The van der Waals surface area contributed by atoms with Crippen molar-refractivity contribution in [2.75, 3.05) is 11.9 Å². The van der Waals surface area contributed by atoms with Gasteiger partial charge >= 0.3 is 0 Å². The fourth-order valence-corrected chi connectivity index (χ4v) is 1.84. The molecule has 1 heterocycles. The van der Waals surface area contributed by atoms with Gasteiger partial charge in [0, 0.05) is 10.7 Å². The summed E-state index contributed by atoms with van der Waals surface area (Å²) < 4.78 is 18.4. The molecule has 0 aromatic heterocycles. The maximum Gasteiger partial charge on any atom is 0.126 e. The highest BCUT2D eigenvalue weighted by Gasteiger charge is 2.10. The molecule has 1 aromatic carbocycles. The Labute approximate surface area is 99.1 Å². The van der Waals surface area contributed by atoms with Crippen LogP contribution >= 0.6 is 11.6 Å². The summed E-state index contributed by atoms with van der Waals surface area (Å²) in [6.07, 6.45) is 5.86. The number of hydrogen-bond donors (Lipinski definition) is 1. The van der Waals surface area contributed by atoms with Crippen molar-refractivity contribution in [1.29, 1.82) is 0 Å². The molecule has 1 N–H and O–H groups in total. The van der Waals surface area contributed by atoms with Crippen LogP contribution in [0.2, 0.25) is 5.02 Å². The van der Waals surface area contributed by atoms with E-state index >= 15 is 0 Å². The molecule has 1 aromatic rings. The molecule has 0 bridgehead atoms. The standard InChI is InChI=1S/C12H13ClFNO/c13-9-5-10(14)7-11(6-9)15-8-12-3-1-2-4-16-12/h2,4-7,12,15H,1,3,8H2. The molecule has 4 heteroatoms. The lowest BCUT2D eigenvalue weighted by Crippen LogP contribution is -2.22. The summed E-state index contributed by atoms with van der Waals surface area (Å²) in [5, 5.41) is 3.51. The fourth-order valence-electron chi connectivity index (χ4n) is 1.62. The third-order valence-corrected chi connectivity index (χ3v) is 2.64. The second kappa shape index (κ2) is 5.21. The molecule has 2 nitrogen and oxygen atoms in total. The Morgan fingerprint density at radius 2 is 2.31 bits per heavy atom. The van der Waals surface area contributed by atoms with E-state index in [1.807, 2.05) is 6.08 Å². The quantitative estimate of drug-likeness (QED) is 0.873. The van der Waals surface area contributed by atoms with Gasteiger partial charge in [-0.3, -0.25) is 0 Å². The molecular weight excluding hydrogens is 229 g/mol. The van der Waals surface area contributed by atoms with Crippen LogP contribution in [-0.4, -0.2) is 12.6 Å². The number of rotatable bonds is 3. The van der Waals surface area contributed by atoms with Gasteiger partial charge in [0.05, 0.1) is 12.8 Å². The van der Waals surface area contributed by atoms with Crippen LogP contribution in [-0.2, 0) is 4.74 Å². The molecule has 0 saturated carbocycles. The predicted molar refractivity (Wildman–Crippen MR) is 63.1 cm³/mol. The van der Waals surface area contributed by atoms with E-state index in [0.29, 0.717) is 17.3 Å². The van der Waals surface area contributed by atoms with Crippen LogP contribution in [0.5, 0.6) is 0 Å². The van der Waals surface area contributed by atoms with Gasteiger partial charge in [-0.1, -0.05) is 11.6 Å². The molecule has 0 radical (unpaired) electrons. The van der Waals surface area contributed by atoms with E-state index in [9.17, 15) is 4.39 Å². The summed E-state index contributed by atoms with van der Waals surface area (Å²) in [5.41, 5.74) is 0.683. The predicted octanol–water partition coefficient (Wildman–Crippen LogP) is 3.58. The highest BCUT2D eigenvalue weighted by molar-refractivity contribution is 6.30. The molecule has 2 rings (SSSR count). The van der Waals surface area contributed by atoms with Crippen LogP contribution in [0.15, 0.2) is 30.5 Å². The smallest absolute Gasteiger partial charge is 0.126 e. The van der Waals surface area contributed by atoms with Crippen molar-refractivity contribution in [3.8, 4) is 0 Å². The molecule has 1 atom stereocenters. The van der Waals surface area contributed by atoms with E-state index in [-0.39, 0.29) is 11.9 Å². The number of ether oxygens (including phenoxy) is 1. The van der Waals surface area contributed by atoms with Gasteiger partial charge in [0.15, 0.2) is 0 Å². The summed E-state index contributed by atoms with van der Waals surface area (Å²) in [4.78, 5) is 0. The third kappa shape index (κ3) is 3.14. The minimum Gasteiger partial charge on any atom is -0.497 e. The molecule has 1 aliphatic rings. The maximum absolute atomic E-state index is 13.0. The highest BCUT2D eigenvalue weighted by atomic mass is 35.5. The molecule has 86 valence electrons. The van der Waals surface area contributed by atoms with Crippen molar-refractivity contribution in [3.05, 3.63) is 41.4 Å². The number of anilines is 1. The van der Waals surface area contributed by atoms with Gasteiger partial charge in [-0.05, 0) is 37.1 Å². The summed E-state index contributed by atoms with van der Waals surface area (Å²) in [7, 11) is 0. The maximum atomic E-state index is 13.0. The van der Waals surface area contributed by atoms with Crippen LogP contribution in [0, 0.1) is 5.82 Å². The minimum atomic E-state index is -0.334. The Hall–Kier alpha value is -1.22. The molecule has 16 heavy (non-hydrogen) atoms. The first-order chi connectivity index (χ1) is 7.74. The average Bonchev–Trinajstić information content (AvgIpc) is 2.27. The van der Waals surface area contributed by atoms with E-state index < -0.39 is 0 Å². The summed E-state index contributed by atoms with van der Waals surface area (Å²) >= 11 is 5.75. The van der Waals surface area contributed by atoms with Crippen LogP contribution in [0.3, 0.4) is 0 Å². The minimum absolute atomic E-state index is 0.145. The summed E-state index contributed by atoms with van der Waals surface area (Å²) in [6.45, 7) is 0.657. The van der Waals surface area contributed by atoms with Crippen LogP contribution in [0.1, 0.15) is 12.8 Å². The van der Waals surface area contributed by atoms with Gasteiger partial charge in [-0.2, -0.15) is 0 Å². The normalized spacial score (nSPS) is 19.2. The Kier molecular flexibility index (Phi) is 3.67. The van der Waals surface area contributed by atoms with Crippen molar-refractivity contribution in [2.45, 2.75) is 18.9 Å². The molecular formula is C12H13ClFNO. The fraction of sp³-hybridized carbons (Fsp3) is 0.333. The molecule has 0 saturated heterocycles. The molecule has 0 aliphatic carbocycles. The van der Waals surface area contributed by atoms with Crippen molar-refractivity contribution < 1.29 is 9.13 Å². The van der Waals surface area contributed by atoms with E-state index in [1.165, 1.54) is 12.1 Å². The molecule has 0 spiro atoms. The SMILES string of the molecule is Fc1cc(Cl)cc(NCC2CCC=CO2)c1. The monoisotopic (exact) mass is 241 g/mol. The Morgan fingerprint density at radius 3 is 3.00 bits per heavy atom. The molecule has 1 unspecified atom stereocenters. The molecule has 1 aliphatic heterocycles. The largest absolute Gasteiger partial charge is 0.497 e. The van der Waals surface area contributed by atoms with E-state index in [1.54, 1.807) is 12.3 Å². The molecule has 0 fully saturated rings. The zero-order valence-corrected chi connectivity index (χ0v) is 9.51. The lowest BCUT2D eigenvalue weighted by molar-refractivity contribution is 0.135. The van der Waals surface area contributed by atoms with E-state index in [4.69, 9.17) is 16.3 Å². The van der Waals surface area contributed by atoms with Gasteiger partial charge in [-0.15, -0.1) is 0 Å². The van der Waals surface area contributed by atoms with Crippen molar-refractivity contribution in [1.82, 2.24) is 0 Å². The van der Waals surface area contributed by atoms with E-state index in [0.717, 1.165) is 12.8 Å². The third-order valence-electron chi connectivity index (χ3n) is 2.42. The van der Waals surface area contributed by atoms with Gasteiger partial charge < -0.3 is 10.1 Å². The average molecular weight is 242 g/mol. The molecule has 0 amide bonds.